The topological polar surface area (TPSA) is 119 Å². The molecule has 9 nitrogen and oxygen atoms in total. The van der Waals surface area contributed by atoms with Crippen molar-refractivity contribution in [2.45, 2.75) is 12.8 Å². The summed E-state index contributed by atoms with van der Waals surface area (Å²) in [6, 6.07) is 13.3. The summed E-state index contributed by atoms with van der Waals surface area (Å²) < 4.78 is 0. The number of aromatic amines is 1. The minimum atomic E-state index is -0.526. The molecule has 10 heteroatoms. The van der Waals surface area contributed by atoms with Crippen molar-refractivity contribution < 1.29 is 14.4 Å². The molecular formula is C26H27ClN6O3. The van der Waals surface area contributed by atoms with Gasteiger partial charge in [0.25, 0.3) is 17.7 Å². The molecule has 0 bridgehead atoms. The van der Waals surface area contributed by atoms with Gasteiger partial charge in [-0.15, -0.1) is 0 Å². The fraction of sp³-hybridized carbons (Fsp3) is 0.231. The number of anilines is 2. The molecule has 0 atom stereocenters. The van der Waals surface area contributed by atoms with Crippen LogP contribution in [-0.2, 0) is 0 Å². The Balaban J connectivity index is 1.31. The predicted molar refractivity (Wildman–Crippen MR) is 140 cm³/mol. The number of carbonyl (C=O) groups is 3. The van der Waals surface area contributed by atoms with Crippen LogP contribution in [0.4, 0.5) is 11.4 Å². The maximum absolute atomic E-state index is 12.8. The summed E-state index contributed by atoms with van der Waals surface area (Å²) in [7, 11) is 0. The van der Waals surface area contributed by atoms with Crippen LogP contribution >= 0.6 is 11.6 Å². The van der Waals surface area contributed by atoms with Crippen molar-refractivity contribution in [3.63, 3.8) is 0 Å². The van der Waals surface area contributed by atoms with E-state index in [1.165, 1.54) is 11.9 Å². The first-order chi connectivity index (χ1) is 17.4. The molecule has 36 heavy (non-hydrogen) atoms. The first-order valence-corrected chi connectivity index (χ1v) is 12.0. The van der Waals surface area contributed by atoms with Gasteiger partial charge in [-0.25, -0.2) is 4.98 Å². The first kappa shape index (κ1) is 25.2. The number of piperidine rings is 1. The number of halogens is 1. The van der Waals surface area contributed by atoms with Gasteiger partial charge >= 0.3 is 0 Å². The van der Waals surface area contributed by atoms with E-state index in [-0.39, 0.29) is 17.3 Å². The third kappa shape index (κ3) is 6.38. The molecule has 2 heterocycles. The molecule has 3 aromatic rings. The van der Waals surface area contributed by atoms with Gasteiger partial charge in [0.15, 0.2) is 5.69 Å². The molecule has 1 aliphatic heterocycles. The Morgan fingerprint density at radius 1 is 1.00 bits per heavy atom. The Morgan fingerprint density at radius 3 is 2.39 bits per heavy atom. The van der Waals surface area contributed by atoms with Crippen molar-refractivity contribution in [3.8, 4) is 0 Å². The fourth-order valence-electron chi connectivity index (χ4n) is 3.94. The largest absolute Gasteiger partial charge is 0.349 e. The number of hydrogen-bond acceptors (Lipinski definition) is 5. The SMILES string of the molecule is C=C1CCCN(CCNC(=O)c2[nH]cnc2C(=O)Nc2ccc(NC(=O)c3ccccc3Cl)cc2)C1. The first-order valence-electron chi connectivity index (χ1n) is 11.6. The number of H-pyrrole nitrogens is 1. The van der Waals surface area contributed by atoms with Gasteiger partial charge < -0.3 is 20.9 Å². The number of carbonyl (C=O) groups excluding carboxylic acids is 3. The van der Waals surface area contributed by atoms with Gasteiger partial charge in [0.1, 0.15) is 5.69 Å². The molecule has 1 aliphatic rings. The van der Waals surface area contributed by atoms with Gasteiger partial charge in [-0.1, -0.05) is 35.9 Å². The molecule has 0 radical (unpaired) electrons. The Bertz CT molecular complexity index is 1270. The number of likely N-dealkylation sites (tertiary alicyclic amines) is 1. The lowest BCUT2D eigenvalue weighted by atomic mass is 10.1. The van der Waals surface area contributed by atoms with Gasteiger partial charge in [0.2, 0.25) is 0 Å². The molecule has 4 N–H and O–H groups in total. The lowest BCUT2D eigenvalue weighted by Crippen LogP contribution is -2.38. The lowest BCUT2D eigenvalue weighted by Gasteiger charge is -2.27. The van der Waals surface area contributed by atoms with Gasteiger partial charge in [-0.3, -0.25) is 19.3 Å². The molecule has 0 saturated carbocycles. The Hall–Kier alpha value is -3.95. The second-order valence-electron chi connectivity index (χ2n) is 8.48. The lowest BCUT2D eigenvalue weighted by molar-refractivity contribution is 0.0930. The van der Waals surface area contributed by atoms with Crippen LogP contribution in [0.15, 0.2) is 67.0 Å². The Kier molecular flexibility index (Phi) is 8.14. The zero-order valence-corrected chi connectivity index (χ0v) is 20.4. The highest BCUT2D eigenvalue weighted by Crippen LogP contribution is 2.19. The van der Waals surface area contributed by atoms with E-state index in [0.717, 1.165) is 25.9 Å². The summed E-state index contributed by atoms with van der Waals surface area (Å²) in [5.41, 5.74) is 2.68. The Labute approximate surface area is 213 Å². The van der Waals surface area contributed by atoms with Gasteiger partial charge in [0, 0.05) is 31.0 Å². The van der Waals surface area contributed by atoms with E-state index in [1.54, 1.807) is 48.5 Å². The molecule has 0 spiro atoms. The van der Waals surface area contributed by atoms with Crippen LogP contribution in [-0.4, -0.2) is 58.8 Å². The number of nitrogens with zero attached hydrogens (tertiary/aromatic N) is 2. The minimum Gasteiger partial charge on any atom is -0.349 e. The van der Waals surface area contributed by atoms with E-state index in [0.29, 0.717) is 35.1 Å². The Morgan fingerprint density at radius 2 is 1.69 bits per heavy atom. The number of rotatable bonds is 8. The summed E-state index contributed by atoms with van der Waals surface area (Å²) in [6.45, 7) is 7.02. The number of benzene rings is 2. The molecule has 1 fully saturated rings. The van der Waals surface area contributed by atoms with Gasteiger partial charge in [0.05, 0.1) is 16.9 Å². The molecule has 0 unspecified atom stereocenters. The number of imidazole rings is 1. The predicted octanol–water partition coefficient (Wildman–Crippen LogP) is 3.95. The van der Waals surface area contributed by atoms with Crippen molar-refractivity contribution in [1.29, 1.82) is 0 Å². The van der Waals surface area contributed by atoms with Crippen LogP contribution in [0.2, 0.25) is 5.02 Å². The molecule has 1 aromatic heterocycles. The van der Waals surface area contributed by atoms with Crippen LogP contribution in [0.3, 0.4) is 0 Å². The zero-order chi connectivity index (χ0) is 25.5. The van der Waals surface area contributed by atoms with E-state index in [4.69, 9.17) is 11.6 Å². The van der Waals surface area contributed by atoms with Crippen LogP contribution in [0.5, 0.6) is 0 Å². The maximum atomic E-state index is 12.8. The average molecular weight is 507 g/mol. The number of hydrogen-bond donors (Lipinski definition) is 4. The highest BCUT2D eigenvalue weighted by Gasteiger charge is 2.21. The molecule has 0 aliphatic carbocycles. The van der Waals surface area contributed by atoms with E-state index in [9.17, 15) is 14.4 Å². The highest BCUT2D eigenvalue weighted by molar-refractivity contribution is 6.34. The molecular weight excluding hydrogens is 480 g/mol. The summed E-state index contributed by atoms with van der Waals surface area (Å²) in [5, 5.41) is 8.68. The van der Waals surface area contributed by atoms with Gasteiger partial charge in [-0.2, -0.15) is 0 Å². The third-order valence-electron chi connectivity index (χ3n) is 5.77. The van der Waals surface area contributed by atoms with Crippen molar-refractivity contribution in [2.24, 2.45) is 0 Å². The number of aromatic nitrogens is 2. The van der Waals surface area contributed by atoms with E-state index >= 15 is 0 Å². The van der Waals surface area contributed by atoms with Crippen molar-refractivity contribution in [1.82, 2.24) is 20.2 Å². The second kappa shape index (κ2) is 11.7. The van der Waals surface area contributed by atoms with Crippen LogP contribution < -0.4 is 16.0 Å². The zero-order valence-electron chi connectivity index (χ0n) is 19.6. The van der Waals surface area contributed by atoms with E-state index in [2.05, 4.69) is 37.4 Å². The van der Waals surface area contributed by atoms with Crippen molar-refractivity contribution in [3.05, 3.63) is 89.0 Å². The number of amides is 3. The summed E-state index contributed by atoms with van der Waals surface area (Å²) in [6.07, 6.45) is 3.44. The number of nitrogens with one attached hydrogen (secondary N) is 4. The van der Waals surface area contributed by atoms with Crippen molar-refractivity contribution >= 4 is 40.7 Å². The highest BCUT2D eigenvalue weighted by atomic mass is 35.5. The molecule has 4 rings (SSSR count). The van der Waals surface area contributed by atoms with Gasteiger partial charge in [-0.05, 0) is 55.8 Å². The molecule has 2 aromatic carbocycles. The van der Waals surface area contributed by atoms with Crippen LogP contribution in [0.1, 0.15) is 44.2 Å². The molecule has 186 valence electrons. The normalized spacial score (nSPS) is 13.8. The van der Waals surface area contributed by atoms with E-state index in [1.807, 2.05) is 0 Å². The van der Waals surface area contributed by atoms with Crippen LogP contribution in [0, 0.1) is 0 Å². The van der Waals surface area contributed by atoms with Crippen molar-refractivity contribution in [2.75, 3.05) is 36.8 Å². The average Bonchev–Trinajstić information content (AvgIpc) is 3.36. The standard InChI is InChI=1S/C26H27ClN6O3/c1-17-5-4-13-33(15-17)14-12-28-25(35)22-23(30-16-29-22)26(36)32-19-10-8-18(9-11-19)31-24(34)20-6-2-3-7-21(20)27/h2-3,6-11,16H,1,4-5,12-15H2,(H,28,35)(H,29,30)(H,31,34)(H,32,36). The third-order valence-corrected chi connectivity index (χ3v) is 6.10. The van der Waals surface area contributed by atoms with E-state index < -0.39 is 11.8 Å². The minimum absolute atomic E-state index is 0.00468. The quantitative estimate of drug-likeness (QED) is 0.345. The van der Waals surface area contributed by atoms with Crippen LogP contribution in [0.25, 0.3) is 0 Å². The molecule has 3 amide bonds. The maximum Gasteiger partial charge on any atom is 0.276 e. The summed E-state index contributed by atoms with van der Waals surface area (Å²) >= 11 is 6.07. The summed E-state index contributed by atoms with van der Waals surface area (Å²) in [5.74, 6) is -1.26. The smallest absolute Gasteiger partial charge is 0.276 e. The fourth-order valence-corrected chi connectivity index (χ4v) is 4.17. The second-order valence-corrected chi connectivity index (χ2v) is 8.88. The molecule has 1 saturated heterocycles. The monoisotopic (exact) mass is 506 g/mol. The summed E-state index contributed by atoms with van der Waals surface area (Å²) in [4.78, 5) is 46.8.